The number of hydrogen-bond acceptors (Lipinski definition) is 5. The number of ether oxygens (including phenoxy) is 3. The van der Waals surface area contributed by atoms with Gasteiger partial charge in [0.2, 0.25) is 11.5 Å². The Balaban J connectivity index is 1.63. The van der Waals surface area contributed by atoms with Gasteiger partial charge in [0, 0.05) is 5.56 Å². The average molecular weight is 318 g/mol. The molecule has 0 aromatic carbocycles. The van der Waals surface area contributed by atoms with E-state index in [0.29, 0.717) is 35.7 Å². The third-order valence-corrected chi connectivity index (χ3v) is 5.01. The minimum absolute atomic E-state index is 0.0479. The first-order valence-corrected chi connectivity index (χ1v) is 8.12. The van der Waals surface area contributed by atoms with E-state index in [-0.39, 0.29) is 11.4 Å². The molecule has 4 rings (SSSR count). The Morgan fingerprint density at radius 2 is 2.13 bits per heavy atom. The van der Waals surface area contributed by atoms with Crippen LogP contribution in [0.25, 0.3) is 11.2 Å². The van der Waals surface area contributed by atoms with Crippen LogP contribution in [-0.4, -0.2) is 17.2 Å². The van der Waals surface area contributed by atoms with Gasteiger partial charge in [-0.25, -0.2) is 4.79 Å². The molecule has 5 heteroatoms. The molecule has 4 heterocycles. The molecule has 0 N–H and O–H groups in total. The number of benzene rings is 1. The molecule has 2 unspecified atom stereocenters. The first-order chi connectivity index (χ1) is 10.7. The van der Waals surface area contributed by atoms with Gasteiger partial charge in [-0.2, -0.15) is 0 Å². The Morgan fingerprint density at radius 1 is 1.39 bits per heavy atom. The van der Waals surface area contributed by atoms with Crippen molar-refractivity contribution in [1.29, 1.82) is 0 Å². The van der Waals surface area contributed by atoms with E-state index in [1.54, 1.807) is 0 Å². The van der Waals surface area contributed by atoms with Crippen LogP contribution in [0.15, 0.2) is 10.5 Å². The first kappa shape index (κ1) is 14.8. The molecule has 2 aliphatic heterocycles. The predicted molar refractivity (Wildman–Crippen MR) is 84.0 cm³/mol. The van der Waals surface area contributed by atoms with Crippen LogP contribution in [0, 0.1) is 5.41 Å². The third kappa shape index (κ3) is 1.92. The Bertz CT molecular complexity index is 783. The van der Waals surface area contributed by atoms with Gasteiger partial charge in [-0.3, -0.25) is 0 Å². The second-order valence-electron chi connectivity index (χ2n) is 8.05. The molecule has 0 aliphatic carbocycles. The molecule has 2 aromatic heterocycles. The van der Waals surface area contributed by atoms with Gasteiger partial charge in [0.25, 0.3) is 0 Å². The van der Waals surface area contributed by atoms with E-state index in [2.05, 4.69) is 20.8 Å². The molecule has 2 atom stereocenters. The fourth-order valence-corrected chi connectivity index (χ4v) is 3.62. The van der Waals surface area contributed by atoms with E-state index in [1.165, 1.54) is 0 Å². The van der Waals surface area contributed by atoms with Crippen molar-refractivity contribution in [3.8, 4) is 11.5 Å². The number of hydrogen-bond donors (Lipinski definition) is 0. The zero-order valence-corrected chi connectivity index (χ0v) is 14.2. The van der Waals surface area contributed by atoms with E-state index in [0.717, 1.165) is 12.0 Å². The normalized spacial score (nSPS) is 29.1. The summed E-state index contributed by atoms with van der Waals surface area (Å²) in [7, 11) is 0. The van der Waals surface area contributed by atoms with Gasteiger partial charge in [0.15, 0.2) is 16.8 Å². The van der Waals surface area contributed by atoms with Crippen LogP contribution >= 0.6 is 0 Å². The standard InChI is InChI=1S/C18H22O5/c1-6-17(5)18(23-17,9-16(2,3)4)15(19)22-13-11-7-10-8-20-14(13)12(10)21-11/h7H,6,8-9H2,1-5H3. The lowest BCUT2D eigenvalue weighted by Crippen LogP contribution is -2.39. The fourth-order valence-electron chi connectivity index (χ4n) is 3.62. The third-order valence-electron chi connectivity index (χ3n) is 5.01. The van der Waals surface area contributed by atoms with Gasteiger partial charge in [0.1, 0.15) is 12.2 Å². The molecular weight excluding hydrogens is 296 g/mol. The Labute approximate surface area is 135 Å². The molecule has 2 aromatic rings. The van der Waals surface area contributed by atoms with Gasteiger partial charge < -0.3 is 18.6 Å². The lowest BCUT2D eigenvalue weighted by Gasteiger charge is -2.24. The van der Waals surface area contributed by atoms with Crippen molar-refractivity contribution in [2.24, 2.45) is 5.41 Å². The Morgan fingerprint density at radius 3 is 2.74 bits per heavy atom. The molecular formula is C18H22O5. The van der Waals surface area contributed by atoms with Crippen molar-refractivity contribution in [2.45, 2.75) is 65.3 Å². The van der Waals surface area contributed by atoms with E-state index < -0.39 is 11.2 Å². The monoisotopic (exact) mass is 318 g/mol. The molecule has 0 amide bonds. The molecule has 0 spiro atoms. The zero-order chi connectivity index (χ0) is 16.6. The van der Waals surface area contributed by atoms with E-state index in [1.807, 2.05) is 19.9 Å². The van der Waals surface area contributed by atoms with E-state index >= 15 is 0 Å². The fraction of sp³-hybridized carbons (Fsp3) is 0.611. The summed E-state index contributed by atoms with van der Waals surface area (Å²) in [6, 6.07) is 1.87. The summed E-state index contributed by atoms with van der Waals surface area (Å²) < 4.78 is 22.8. The number of esters is 1. The van der Waals surface area contributed by atoms with Crippen LogP contribution in [0.2, 0.25) is 0 Å². The lowest BCUT2D eigenvalue weighted by molar-refractivity contribution is -0.141. The number of carbonyl (C=O) groups is 1. The molecule has 1 saturated heterocycles. The highest BCUT2D eigenvalue weighted by atomic mass is 16.7. The van der Waals surface area contributed by atoms with Gasteiger partial charge in [-0.1, -0.05) is 27.7 Å². The topological polar surface area (TPSA) is 61.2 Å². The van der Waals surface area contributed by atoms with Crippen molar-refractivity contribution < 1.29 is 23.4 Å². The van der Waals surface area contributed by atoms with Crippen LogP contribution in [0.4, 0.5) is 0 Å². The summed E-state index contributed by atoms with van der Waals surface area (Å²) in [5, 5.41) is 0. The highest BCUT2D eigenvalue weighted by Gasteiger charge is 2.72. The number of furan rings is 2. The second kappa shape index (κ2) is 4.20. The van der Waals surface area contributed by atoms with Crippen molar-refractivity contribution in [1.82, 2.24) is 0 Å². The Kier molecular flexibility index (Phi) is 2.71. The van der Waals surface area contributed by atoms with E-state index in [9.17, 15) is 4.79 Å². The van der Waals surface area contributed by atoms with E-state index in [4.69, 9.17) is 18.6 Å². The average Bonchev–Trinajstić information content (AvgIpc) is 2.79. The summed E-state index contributed by atoms with van der Waals surface area (Å²) in [5.41, 5.74) is 0.860. The van der Waals surface area contributed by atoms with Gasteiger partial charge in [0.05, 0.1) is 0 Å². The summed E-state index contributed by atoms with van der Waals surface area (Å²) in [6.07, 6.45) is 1.37. The van der Waals surface area contributed by atoms with Crippen LogP contribution < -0.4 is 9.47 Å². The summed E-state index contributed by atoms with van der Waals surface area (Å²) >= 11 is 0. The molecule has 2 aliphatic rings. The maximum atomic E-state index is 13.0. The minimum atomic E-state index is -0.897. The van der Waals surface area contributed by atoms with Gasteiger partial charge in [-0.15, -0.1) is 0 Å². The maximum absolute atomic E-state index is 13.0. The zero-order valence-electron chi connectivity index (χ0n) is 14.2. The van der Waals surface area contributed by atoms with Gasteiger partial charge in [-0.05, 0) is 31.2 Å². The molecule has 23 heavy (non-hydrogen) atoms. The molecule has 2 bridgehead atoms. The van der Waals surface area contributed by atoms with Crippen molar-refractivity contribution in [2.75, 3.05) is 0 Å². The number of carbonyl (C=O) groups excluding carboxylic acids is 1. The largest absolute Gasteiger partial charge is 0.481 e. The summed E-state index contributed by atoms with van der Waals surface area (Å²) in [5.74, 6) is 0.595. The van der Waals surface area contributed by atoms with Crippen molar-refractivity contribution in [3.63, 3.8) is 0 Å². The summed E-state index contributed by atoms with van der Waals surface area (Å²) in [4.78, 5) is 13.0. The number of epoxide rings is 1. The maximum Gasteiger partial charge on any atom is 0.347 e. The highest BCUT2D eigenvalue weighted by molar-refractivity contribution is 5.92. The van der Waals surface area contributed by atoms with Crippen molar-refractivity contribution >= 4 is 17.1 Å². The molecule has 0 radical (unpaired) electrons. The quantitative estimate of drug-likeness (QED) is 0.483. The van der Waals surface area contributed by atoms with Gasteiger partial charge >= 0.3 is 5.97 Å². The van der Waals surface area contributed by atoms with Crippen LogP contribution in [0.3, 0.4) is 0 Å². The van der Waals surface area contributed by atoms with Crippen LogP contribution in [0.5, 0.6) is 11.5 Å². The lowest BCUT2D eigenvalue weighted by atomic mass is 9.78. The van der Waals surface area contributed by atoms with Crippen molar-refractivity contribution in [3.05, 3.63) is 11.6 Å². The molecule has 0 saturated carbocycles. The number of rotatable bonds is 4. The first-order valence-electron chi connectivity index (χ1n) is 8.12. The SMILES string of the molecule is CCC1(C)OC1(CC(C)(C)C)C(=O)Oc1c2c3oc1cc3CO2. The predicted octanol–water partition coefficient (Wildman–Crippen LogP) is 4.04. The van der Waals surface area contributed by atoms with Crippen LogP contribution in [0.1, 0.15) is 53.0 Å². The minimum Gasteiger partial charge on any atom is -0.481 e. The number of fused-ring (bicyclic) bond motifs is 1. The molecule has 5 nitrogen and oxygen atoms in total. The van der Waals surface area contributed by atoms with Crippen LogP contribution in [-0.2, 0) is 16.1 Å². The smallest absolute Gasteiger partial charge is 0.347 e. The summed E-state index contributed by atoms with van der Waals surface area (Å²) in [6.45, 7) is 10.8. The molecule has 124 valence electrons. The molecule has 1 fully saturated rings. The second-order valence-corrected chi connectivity index (χ2v) is 8.05. The Hall–Kier alpha value is -1.75. The highest BCUT2D eigenvalue weighted by Crippen LogP contribution is 2.57.